The van der Waals surface area contributed by atoms with Gasteiger partial charge < -0.3 is 10.1 Å². The molecule has 1 aromatic heterocycles. The number of benzene rings is 2. The van der Waals surface area contributed by atoms with E-state index in [2.05, 4.69) is 25.9 Å². The van der Waals surface area contributed by atoms with E-state index in [9.17, 15) is 0 Å². The summed E-state index contributed by atoms with van der Waals surface area (Å²) >= 11 is 5.28. The molecule has 2 N–H and O–H groups in total. The SMILES string of the molecule is COc1ccccc1NC(=S)N/N=C(\C)c1ccc(-n2cncn2)cc1. The van der Waals surface area contributed by atoms with E-state index in [1.807, 2.05) is 55.5 Å². The Kier molecular flexibility index (Phi) is 5.55. The highest BCUT2D eigenvalue weighted by Crippen LogP contribution is 2.22. The molecule has 3 aromatic rings. The summed E-state index contributed by atoms with van der Waals surface area (Å²) in [6, 6.07) is 15.4. The fourth-order valence-corrected chi connectivity index (χ4v) is 2.45. The summed E-state index contributed by atoms with van der Waals surface area (Å²) in [4.78, 5) is 3.94. The average molecular weight is 366 g/mol. The summed E-state index contributed by atoms with van der Waals surface area (Å²) < 4.78 is 6.98. The molecule has 3 rings (SSSR count). The molecule has 0 saturated heterocycles. The largest absolute Gasteiger partial charge is 0.495 e. The van der Waals surface area contributed by atoms with Gasteiger partial charge in [-0.2, -0.15) is 10.2 Å². The summed E-state index contributed by atoms with van der Waals surface area (Å²) in [5.41, 5.74) is 6.33. The summed E-state index contributed by atoms with van der Waals surface area (Å²) in [6.07, 6.45) is 3.15. The fourth-order valence-electron chi connectivity index (χ4n) is 2.29. The number of nitrogens with zero attached hydrogens (tertiary/aromatic N) is 4. The number of para-hydroxylation sites is 2. The highest BCUT2D eigenvalue weighted by molar-refractivity contribution is 7.80. The second-order valence-corrected chi connectivity index (χ2v) is 5.76. The lowest BCUT2D eigenvalue weighted by Crippen LogP contribution is -2.25. The Morgan fingerprint density at radius 3 is 2.62 bits per heavy atom. The molecule has 0 atom stereocenters. The van der Waals surface area contributed by atoms with Crippen molar-refractivity contribution in [2.75, 3.05) is 12.4 Å². The predicted molar refractivity (Wildman–Crippen MR) is 106 cm³/mol. The van der Waals surface area contributed by atoms with E-state index in [4.69, 9.17) is 17.0 Å². The lowest BCUT2D eigenvalue weighted by atomic mass is 10.1. The van der Waals surface area contributed by atoms with Crippen LogP contribution in [0.5, 0.6) is 5.75 Å². The molecule has 8 heteroatoms. The van der Waals surface area contributed by atoms with Gasteiger partial charge in [0.15, 0.2) is 5.11 Å². The maximum atomic E-state index is 5.29. The molecule has 0 bridgehead atoms. The third-order valence-corrected chi connectivity index (χ3v) is 3.84. The smallest absolute Gasteiger partial charge is 0.191 e. The molecule has 0 radical (unpaired) electrons. The van der Waals surface area contributed by atoms with E-state index in [0.29, 0.717) is 10.9 Å². The monoisotopic (exact) mass is 366 g/mol. The summed E-state index contributed by atoms with van der Waals surface area (Å²) in [6.45, 7) is 1.91. The Morgan fingerprint density at radius 2 is 1.92 bits per heavy atom. The minimum absolute atomic E-state index is 0.382. The maximum Gasteiger partial charge on any atom is 0.191 e. The van der Waals surface area contributed by atoms with Crippen molar-refractivity contribution in [2.45, 2.75) is 6.92 Å². The van der Waals surface area contributed by atoms with Gasteiger partial charge in [0, 0.05) is 0 Å². The third kappa shape index (κ3) is 4.22. The fraction of sp³-hybridized carbons (Fsp3) is 0.111. The maximum absolute atomic E-state index is 5.29. The second kappa shape index (κ2) is 8.21. The van der Waals surface area contributed by atoms with Gasteiger partial charge in [-0.3, -0.25) is 5.43 Å². The van der Waals surface area contributed by atoms with E-state index in [0.717, 1.165) is 22.6 Å². The van der Waals surface area contributed by atoms with Crippen LogP contribution < -0.4 is 15.5 Å². The predicted octanol–water partition coefficient (Wildman–Crippen LogP) is 2.99. The highest BCUT2D eigenvalue weighted by atomic mass is 32.1. The first-order chi connectivity index (χ1) is 12.7. The van der Waals surface area contributed by atoms with Gasteiger partial charge in [-0.05, 0) is 49.0 Å². The summed E-state index contributed by atoms with van der Waals surface area (Å²) in [7, 11) is 1.61. The number of hydrogen-bond acceptors (Lipinski definition) is 5. The topological polar surface area (TPSA) is 76.4 Å². The first-order valence-corrected chi connectivity index (χ1v) is 8.28. The molecule has 0 aliphatic carbocycles. The Bertz CT molecular complexity index is 906. The normalized spacial score (nSPS) is 11.1. The molecule has 0 aliphatic heterocycles. The molecule has 0 aliphatic rings. The molecule has 7 nitrogen and oxygen atoms in total. The van der Waals surface area contributed by atoms with Crippen LogP contribution in [0.4, 0.5) is 5.69 Å². The van der Waals surface area contributed by atoms with Crippen molar-refractivity contribution >= 4 is 28.7 Å². The zero-order valence-electron chi connectivity index (χ0n) is 14.4. The van der Waals surface area contributed by atoms with Crippen molar-refractivity contribution in [1.29, 1.82) is 0 Å². The number of methoxy groups -OCH3 is 1. The molecular weight excluding hydrogens is 348 g/mol. The van der Waals surface area contributed by atoms with Gasteiger partial charge in [0.1, 0.15) is 18.4 Å². The Morgan fingerprint density at radius 1 is 1.15 bits per heavy atom. The molecule has 0 amide bonds. The quantitative estimate of drug-likeness (QED) is 0.411. The average Bonchev–Trinajstić information content (AvgIpc) is 3.21. The van der Waals surface area contributed by atoms with E-state index < -0.39 is 0 Å². The molecule has 0 unspecified atom stereocenters. The van der Waals surface area contributed by atoms with Crippen LogP contribution >= 0.6 is 12.2 Å². The number of thiocarbonyl (C=S) groups is 1. The summed E-state index contributed by atoms with van der Waals surface area (Å²) in [5.74, 6) is 0.709. The minimum atomic E-state index is 0.382. The van der Waals surface area contributed by atoms with Gasteiger partial charge >= 0.3 is 0 Å². The van der Waals surface area contributed by atoms with E-state index in [-0.39, 0.29) is 0 Å². The second-order valence-electron chi connectivity index (χ2n) is 5.35. The first kappa shape index (κ1) is 17.6. The molecule has 0 spiro atoms. The first-order valence-electron chi connectivity index (χ1n) is 7.87. The van der Waals surface area contributed by atoms with Crippen LogP contribution in [-0.4, -0.2) is 32.7 Å². The third-order valence-electron chi connectivity index (χ3n) is 3.65. The van der Waals surface area contributed by atoms with Gasteiger partial charge in [0.2, 0.25) is 0 Å². The summed E-state index contributed by atoms with van der Waals surface area (Å²) in [5, 5.41) is 11.9. The molecule has 1 heterocycles. The zero-order chi connectivity index (χ0) is 18.4. The van der Waals surface area contributed by atoms with Crippen LogP contribution in [0.15, 0.2) is 66.3 Å². The highest BCUT2D eigenvalue weighted by Gasteiger charge is 2.04. The van der Waals surface area contributed by atoms with Crippen molar-refractivity contribution in [1.82, 2.24) is 20.2 Å². The van der Waals surface area contributed by atoms with E-state index >= 15 is 0 Å². The minimum Gasteiger partial charge on any atom is -0.495 e. The van der Waals surface area contributed by atoms with Crippen molar-refractivity contribution in [3.05, 3.63) is 66.7 Å². The van der Waals surface area contributed by atoms with Crippen LogP contribution in [0.2, 0.25) is 0 Å². The van der Waals surface area contributed by atoms with Crippen molar-refractivity contribution in [2.24, 2.45) is 5.10 Å². The van der Waals surface area contributed by atoms with Crippen molar-refractivity contribution in [3.8, 4) is 11.4 Å². The van der Waals surface area contributed by atoms with Gasteiger partial charge in [-0.1, -0.05) is 24.3 Å². The lowest BCUT2D eigenvalue weighted by molar-refractivity contribution is 0.417. The Hall–Kier alpha value is -3.26. The van der Waals surface area contributed by atoms with E-state index in [1.54, 1.807) is 18.1 Å². The van der Waals surface area contributed by atoms with E-state index in [1.165, 1.54) is 6.33 Å². The molecule has 0 fully saturated rings. The van der Waals surface area contributed by atoms with Crippen LogP contribution in [0.3, 0.4) is 0 Å². The van der Waals surface area contributed by atoms with Crippen LogP contribution in [-0.2, 0) is 0 Å². The van der Waals surface area contributed by atoms with Crippen molar-refractivity contribution < 1.29 is 4.74 Å². The number of hydrazone groups is 1. The van der Waals surface area contributed by atoms with Crippen LogP contribution in [0.25, 0.3) is 5.69 Å². The Balaban J connectivity index is 1.63. The number of anilines is 1. The van der Waals surface area contributed by atoms with Gasteiger partial charge in [0.05, 0.1) is 24.2 Å². The van der Waals surface area contributed by atoms with Gasteiger partial charge in [-0.15, -0.1) is 0 Å². The standard InChI is InChI=1S/C18H18N6OS/c1-13(14-7-9-15(10-8-14)24-12-19-11-20-24)22-23-18(26)21-16-5-3-4-6-17(16)25-2/h3-12H,1-2H3,(H2,21,23,26)/b22-13+. The van der Waals surface area contributed by atoms with Gasteiger partial charge in [-0.25, -0.2) is 9.67 Å². The lowest BCUT2D eigenvalue weighted by Gasteiger charge is -2.11. The number of aromatic nitrogens is 3. The zero-order valence-corrected chi connectivity index (χ0v) is 15.2. The van der Waals surface area contributed by atoms with Crippen LogP contribution in [0, 0.1) is 0 Å². The van der Waals surface area contributed by atoms with Crippen LogP contribution in [0.1, 0.15) is 12.5 Å². The molecule has 26 heavy (non-hydrogen) atoms. The number of rotatable bonds is 5. The molecule has 2 aromatic carbocycles. The number of hydrogen-bond donors (Lipinski definition) is 2. The number of nitrogens with one attached hydrogen (secondary N) is 2. The molecular formula is C18H18N6OS. The Labute approximate surface area is 156 Å². The molecule has 0 saturated carbocycles. The molecule has 132 valence electrons. The van der Waals surface area contributed by atoms with Crippen molar-refractivity contribution in [3.63, 3.8) is 0 Å². The number of ether oxygens (including phenoxy) is 1. The van der Waals surface area contributed by atoms with Gasteiger partial charge in [0.25, 0.3) is 0 Å².